The molecule has 0 aromatic heterocycles. The van der Waals surface area contributed by atoms with Gasteiger partial charge in [0, 0.05) is 26.7 Å². The highest BCUT2D eigenvalue weighted by Crippen LogP contribution is 2.21. The topological polar surface area (TPSA) is 84.0 Å². The Kier molecular flexibility index (Phi) is 8.29. The molecule has 7 nitrogen and oxygen atoms in total. The van der Waals surface area contributed by atoms with Crippen LogP contribution in [0.15, 0.2) is 47.4 Å². The lowest BCUT2D eigenvalue weighted by atomic mass is 10.1. The van der Waals surface area contributed by atoms with Crippen LogP contribution in [0.2, 0.25) is 0 Å². The van der Waals surface area contributed by atoms with E-state index in [0.29, 0.717) is 6.54 Å². The largest absolute Gasteiger partial charge is 0.452 e. The zero-order chi connectivity index (χ0) is 23.2. The Labute approximate surface area is 182 Å². The number of hydrogen-bond donors (Lipinski definition) is 0. The minimum atomic E-state index is -4.09. The van der Waals surface area contributed by atoms with Crippen LogP contribution in [0.4, 0.5) is 4.39 Å². The molecule has 9 heteroatoms. The number of aryl methyl sites for hydroxylation is 1. The number of carbonyl (C=O) groups excluding carboxylic acids is 2. The van der Waals surface area contributed by atoms with Gasteiger partial charge in [-0.3, -0.25) is 4.79 Å². The third-order valence-electron chi connectivity index (χ3n) is 4.78. The molecule has 0 saturated heterocycles. The first-order chi connectivity index (χ1) is 14.6. The molecule has 0 heterocycles. The molecule has 0 aliphatic rings. The van der Waals surface area contributed by atoms with E-state index in [-0.39, 0.29) is 18.7 Å². The van der Waals surface area contributed by atoms with Crippen molar-refractivity contribution in [2.45, 2.75) is 32.2 Å². The molecule has 0 N–H and O–H groups in total. The molecule has 0 unspecified atom stereocenters. The van der Waals surface area contributed by atoms with Gasteiger partial charge in [0.25, 0.3) is 5.91 Å². The number of benzene rings is 2. The van der Waals surface area contributed by atoms with Crippen LogP contribution in [0.5, 0.6) is 0 Å². The van der Waals surface area contributed by atoms with Gasteiger partial charge >= 0.3 is 5.97 Å². The summed E-state index contributed by atoms with van der Waals surface area (Å²) >= 11 is 0. The van der Waals surface area contributed by atoms with Crippen molar-refractivity contribution in [3.05, 3.63) is 65.0 Å². The maximum Gasteiger partial charge on any atom is 0.338 e. The van der Waals surface area contributed by atoms with Crippen LogP contribution >= 0.6 is 0 Å². The predicted octanol–water partition coefficient (Wildman–Crippen LogP) is 2.98. The number of hydrogen-bond acceptors (Lipinski definition) is 5. The van der Waals surface area contributed by atoms with Gasteiger partial charge < -0.3 is 9.64 Å². The Morgan fingerprint density at radius 3 is 2.23 bits per heavy atom. The van der Waals surface area contributed by atoms with Gasteiger partial charge in [-0.1, -0.05) is 43.7 Å². The molecule has 2 rings (SSSR count). The molecule has 0 atom stereocenters. The van der Waals surface area contributed by atoms with Gasteiger partial charge in [0.1, 0.15) is 10.7 Å². The fourth-order valence-electron chi connectivity index (χ4n) is 2.91. The molecule has 2 aromatic carbocycles. The normalized spacial score (nSPS) is 11.4. The van der Waals surface area contributed by atoms with Crippen molar-refractivity contribution in [3.63, 3.8) is 0 Å². The van der Waals surface area contributed by atoms with Crippen molar-refractivity contribution in [2.24, 2.45) is 0 Å². The molecule has 168 valence electrons. The number of ether oxygens (including phenoxy) is 1. The summed E-state index contributed by atoms with van der Waals surface area (Å²) in [6.07, 6.45) is 0. The molecule has 0 spiro atoms. The lowest BCUT2D eigenvalue weighted by Gasteiger charge is -2.19. The maximum atomic E-state index is 14.2. The number of nitrogens with zero attached hydrogens (tertiary/aromatic N) is 2. The van der Waals surface area contributed by atoms with Crippen molar-refractivity contribution >= 4 is 21.9 Å². The van der Waals surface area contributed by atoms with Crippen LogP contribution < -0.4 is 0 Å². The molecule has 0 radical (unpaired) electrons. The standard InChI is InChI=1S/C22H27FN2O5S/c1-5-25(6-2)31(28,29)20-13-18(11-12-19(20)23)22(27)30-15-21(26)24(4)14-17-9-7-16(3)8-10-17/h7-13H,5-6,14-15H2,1-4H3. The van der Waals surface area contributed by atoms with Crippen LogP contribution in [0, 0.1) is 12.7 Å². The fourth-order valence-corrected chi connectivity index (χ4v) is 4.46. The smallest absolute Gasteiger partial charge is 0.338 e. The highest BCUT2D eigenvalue weighted by atomic mass is 32.2. The van der Waals surface area contributed by atoms with Crippen LogP contribution in [0.1, 0.15) is 35.3 Å². The maximum absolute atomic E-state index is 14.2. The monoisotopic (exact) mass is 450 g/mol. The Morgan fingerprint density at radius 2 is 1.65 bits per heavy atom. The summed E-state index contributed by atoms with van der Waals surface area (Å²) in [5, 5.41) is 0. The minimum absolute atomic E-state index is 0.152. The SMILES string of the molecule is CCN(CC)S(=O)(=O)c1cc(C(=O)OCC(=O)N(C)Cc2ccc(C)cc2)ccc1F. The molecule has 0 fully saturated rings. The number of amides is 1. The average molecular weight is 451 g/mol. The van der Waals surface area contributed by atoms with Crippen molar-refractivity contribution in [2.75, 3.05) is 26.7 Å². The van der Waals surface area contributed by atoms with Crippen molar-refractivity contribution < 1.29 is 27.1 Å². The van der Waals surface area contributed by atoms with Crippen molar-refractivity contribution in [3.8, 4) is 0 Å². The minimum Gasteiger partial charge on any atom is -0.452 e. The zero-order valence-corrected chi connectivity index (χ0v) is 18.9. The van der Waals surface area contributed by atoms with Crippen LogP contribution in [0.25, 0.3) is 0 Å². The molecule has 1 amide bonds. The first kappa shape index (κ1) is 24.5. The molecular formula is C22H27FN2O5S. The van der Waals surface area contributed by atoms with Gasteiger partial charge in [0.05, 0.1) is 5.56 Å². The Morgan fingerprint density at radius 1 is 1.03 bits per heavy atom. The molecule has 31 heavy (non-hydrogen) atoms. The number of carbonyl (C=O) groups is 2. The molecule has 0 aliphatic carbocycles. The van der Waals surface area contributed by atoms with E-state index in [1.54, 1.807) is 20.9 Å². The van der Waals surface area contributed by atoms with Crippen LogP contribution in [-0.4, -0.2) is 56.2 Å². The summed E-state index contributed by atoms with van der Waals surface area (Å²) in [6, 6.07) is 10.6. The third kappa shape index (κ3) is 6.11. The number of esters is 1. The molecule has 0 bridgehead atoms. The fraction of sp³-hybridized carbons (Fsp3) is 0.364. The number of halogens is 1. The van der Waals surface area contributed by atoms with E-state index in [1.807, 2.05) is 31.2 Å². The van der Waals surface area contributed by atoms with E-state index in [9.17, 15) is 22.4 Å². The van der Waals surface area contributed by atoms with E-state index in [0.717, 1.165) is 33.6 Å². The second kappa shape index (κ2) is 10.5. The third-order valence-corrected chi connectivity index (χ3v) is 6.85. The van der Waals surface area contributed by atoms with Gasteiger partial charge in [-0.2, -0.15) is 4.31 Å². The Bertz CT molecular complexity index is 1030. The number of sulfonamides is 1. The number of likely N-dealkylation sites (N-methyl/N-ethyl adjacent to an activating group) is 1. The van der Waals surface area contributed by atoms with Gasteiger partial charge in [0.15, 0.2) is 6.61 Å². The lowest BCUT2D eigenvalue weighted by Crippen LogP contribution is -2.32. The molecule has 2 aromatic rings. The van der Waals surface area contributed by atoms with Crippen molar-refractivity contribution in [1.82, 2.24) is 9.21 Å². The van der Waals surface area contributed by atoms with E-state index >= 15 is 0 Å². The second-order valence-corrected chi connectivity index (χ2v) is 8.95. The van der Waals surface area contributed by atoms with Gasteiger partial charge in [-0.05, 0) is 30.7 Å². The highest BCUT2D eigenvalue weighted by molar-refractivity contribution is 7.89. The van der Waals surface area contributed by atoms with Crippen LogP contribution in [-0.2, 0) is 26.1 Å². The lowest BCUT2D eigenvalue weighted by molar-refractivity contribution is -0.133. The summed E-state index contributed by atoms with van der Waals surface area (Å²) in [5.41, 5.74) is 1.88. The molecular weight excluding hydrogens is 423 g/mol. The Balaban J connectivity index is 2.06. The van der Waals surface area contributed by atoms with E-state index < -0.39 is 39.2 Å². The van der Waals surface area contributed by atoms with E-state index in [1.165, 1.54) is 4.90 Å². The summed E-state index contributed by atoms with van der Waals surface area (Å²) < 4.78 is 45.5. The molecule has 0 aliphatic heterocycles. The quantitative estimate of drug-likeness (QED) is 0.549. The van der Waals surface area contributed by atoms with Crippen molar-refractivity contribution in [1.29, 1.82) is 0 Å². The summed E-state index contributed by atoms with van der Waals surface area (Å²) in [5.74, 6) is -2.29. The first-order valence-electron chi connectivity index (χ1n) is 9.86. The summed E-state index contributed by atoms with van der Waals surface area (Å²) in [6.45, 7) is 5.39. The highest BCUT2D eigenvalue weighted by Gasteiger charge is 2.27. The summed E-state index contributed by atoms with van der Waals surface area (Å²) in [7, 11) is -2.51. The van der Waals surface area contributed by atoms with Crippen LogP contribution in [0.3, 0.4) is 0 Å². The zero-order valence-electron chi connectivity index (χ0n) is 18.1. The summed E-state index contributed by atoms with van der Waals surface area (Å²) in [4.78, 5) is 25.4. The Hall–Kier alpha value is -2.78. The van der Waals surface area contributed by atoms with Gasteiger partial charge in [-0.15, -0.1) is 0 Å². The second-order valence-electron chi connectivity index (χ2n) is 7.05. The van der Waals surface area contributed by atoms with Gasteiger partial charge in [0.2, 0.25) is 10.0 Å². The number of rotatable bonds is 9. The van der Waals surface area contributed by atoms with Gasteiger partial charge in [-0.25, -0.2) is 17.6 Å². The van der Waals surface area contributed by atoms with E-state index in [4.69, 9.17) is 4.74 Å². The predicted molar refractivity (Wildman–Crippen MR) is 114 cm³/mol. The molecule has 0 saturated carbocycles. The van der Waals surface area contributed by atoms with E-state index in [2.05, 4.69) is 0 Å². The first-order valence-corrected chi connectivity index (χ1v) is 11.3. The average Bonchev–Trinajstić information content (AvgIpc) is 2.74.